The number of aromatic nitrogens is 1. The van der Waals surface area contributed by atoms with Gasteiger partial charge in [-0.1, -0.05) is 5.16 Å². The van der Waals surface area contributed by atoms with Crippen LogP contribution in [0.3, 0.4) is 0 Å². The molecule has 0 aliphatic carbocycles. The molecule has 0 aromatic carbocycles. The second-order valence-corrected chi connectivity index (χ2v) is 2.70. The molecule has 0 atom stereocenters. The van der Waals surface area contributed by atoms with E-state index in [-0.39, 0.29) is 13.2 Å². The maximum absolute atomic E-state index is 11.0. The Bertz CT molecular complexity index is 321. The summed E-state index contributed by atoms with van der Waals surface area (Å²) in [5.41, 5.74) is 0.756. The number of aliphatic hydroxyl groups is 1. The van der Waals surface area contributed by atoms with Crippen LogP contribution in [0.2, 0.25) is 0 Å². The Labute approximate surface area is 80.8 Å². The molecule has 1 rings (SSSR count). The quantitative estimate of drug-likeness (QED) is 0.754. The lowest BCUT2D eigenvalue weighted by Crippen LogP contribution is -2.16. The van der Waals surface area contributed by atoms with Crippen LogP contribution in [0.15, 0.2) is 4.52 Å². The van der Waals surface area contributed by atoms with E-state index in [0.29, 0.717) is 11.6 Å². The molecule has 0 bridgehead atoms. The molecule has 0 saturated carbocycles. The van der Waals surface area contributed by atoms with Gasteiger partial charge in [-0.15, -0.1) is 0 Å². The summed E-state index contributed by atoms with van der Waals surface area (Å²) in [6, 6.07) is 0. The van der Waals surface area contributed by atoms with Gasteiger partial charge in [-0.05, 0) is 13.8 Å². The zero-order chi connectivity index (χ0) is 10.6. The standard InChI is InChI=1S/C8H12N2O4/c1-5-6(2)14-10-7(5)9-8(12)13-4-3-11/h11H,3-4H2,1-2H3,(H,9,10,12). The van der Waals surface area contributed by atoms with E-state index < -0.39 is 6.09 Å². The average Bonchev–Trinajstić information content (AvgIpc) is 2.46. The van der Waals surface area contributed by atoms with Crippen molar-refractivity contribution in [1.82, 2.24) is 5.16 Å². The summed E-state index contributed by atoms with van der Waals surface area (Å²) in [6.45, 7) is 3.27. The van der Waals surface area contributed by atoms with Crippen LogP contribution in [-0.2, 0) is 4.74 Å². The van der Waals surface area contributed by atoms with E-state index in [0.717, 1.165) is 5.56 Å². The van der Waals surface area contributed by atoms with Gasteiger partial charge in [-0.2, -0.15) is 0 Å². The number of carbonyl (C=O) groups is 1. The number of rotatable bonds is 3. The van der Waals surface area contributed by atoms with E-state index in [1.807, 2.05) is 0 Å². The van der Waals surface area contributed by atoms with Gasteiger partial charge in [0.2, 0.25) is 0 Å². The van der Waals surface area contributed by atoms with E-state index in [9.17, 15) is 4.79 Å². The summed E-state index contributed by atoms with van der Waals surface area (Å²) >= 11 is 0. The first-order valence-corrected chi connectivity index (χ1v) is 4.12. The Morgan fingerprint density at radius 2 is 2.36 bits per heavy atom. The number of nitrogens with zero attached hydrogens (tertiary/aromatic N) is 1. The van der Waals surface area contributed by atoms with Crippen LogP contribution in [0.4, 0.5) is 10.6 Å². The lowest BCUT2D eigenvalue weighted by molar-refractivity contribution is 0.131. The molecule has 1 heterocycles. The highest BCUT2D eigenvalue weighted by molar-refractivity contribution is 5.84. The first kappa shape index (κ1) is 10.5. The van der Waals surface area contributed by atoms with Crippen LogP contribution in [0.25, 0.3) is 0 Å². The molecule has 0 unspecified atom stereocenters. The Balaban J connectivity index is 2.52. The molecule has 6 nitrogen and oxygen atoms in total. The molecule has 0 fully saturated rings. The van der Waals surface area contributed by atoms with E-state index in [4.69, 9.17) is 9.63 Å². The average molecular weight is 200 g/mol. The van der Waals surface area contributed by atoms with Crippen molar-refractivity contribution in [3.05, 3.63) is 11.3 Å². The number of carbonyl (C=O) groups excluding carboxylic acids is 1. The fraction of sp³-hybridized carbons (Fsp3) is 0.500. The van der Waals surface area contributed by atoms with Crippen LogP contribution in [-0.4, -0.2) is 29.6 Å². The maximum atomic E-state index is 11.0. The Morgan fingerprint density at radius 3 is 2.86 bits per heavy atom. The maximum Gasteiger partial charge on any atom is 0.412 e. The van der Waals surface area contributed by atoms with Gasteiger partial charge in [0.25, 0.3) is 0 Å². The summed E-state index contributed by atoms with van der Waals surface area (Å²) < 4.78 is 9.41. The molecular formula is C8H12N2O4. The van der Waals surface area contributed by atoms with Crippen LogP contribution in [0.1, 0.15) is 11.3 Å². The third-order valence-electron chi connectivity index (χ3n) is 1.70. The van der Waals surface area contributed by atoms with Crippen molar-refractivity contribution in [2.75, 3.05) is 18.5 Å². The normalized spacial score (nSPS) is 9.93. The number of nitrogens with one attached hydrogen (secondary N) is 1. The molecule has 0 aliphatic rings. The van der Waals surface area contributed by atoms with E-state index in [2.05, 4.69) is 15.2 Å². The highest BCUT2D eigenvalue weighted by Crippen LogP contribution is 2.16. The Morgan fingerprint density at radius 1 is 1.64 bits per heavy atom. The van der Waals surface area contributed by atoms with Gasteiger partial charge in [-0.25, -0.2) is 4.79 Å². The molecule has 78 valence electrons. The van der Waals surface area contributed by atoms with E-state index in [1.54, 1.807) is 13.8 Å². The Hall–Kier alpha value is -1.56. The van der Waals surface area contributed by atoms with Crippen molar-refractivity contribution in [2.45, 2.75) is 13.8 Å². The van der Waals surface area contributed by atoms with Gasteiger partial charge in [0.05, 0.1) is 6.61 Å². The molecule has 0 aliphatic heterocycles. The minimum atomic E-state index is -0.657. The predicted octanol–water partition coefficient (Wildman–Crippen LogP) is 0.832. The van der Waals surface area contributed by atoms with Gasteiger partial charge < -0.3 is 14.4 Å². The number of hydrogen-bond donors (Lipinski definition) is 2. The van der Waals surface area contributed by atoms with Crippen molar-refractivity contribution in [3.63, 3.8) is 0 Å². The fourth-order valence-electron chi connectivity index (χ4n) is 0.805. The van der Waals surface area contributed by atoms with Crippen LogP contribution in [0.5, 0.6) is 0 Å². The third-order valence-corrected chi connectivity index (χ3v) is 1.70. The lowest BCUT2D eigenvalue weighted by atomic mass is 10.3. The third kappa shape index (κ3) is 2.46. The first-order chi connectivity index (χ1) is 6.65. The predicted molar refractivity (Wildman–Crippen MR) is 48.0 cm³/mol. The number of hydrogen-bond acceptors (Lipinski definition) is 5. The molecule has 1 aromatic rings. The van der Waals surface area contributed by atoms with E-state index in [1.165, 1.54) is 0 Å². The Kier molecular flexibility index (Phi) is 3.47. The molecule has 14 heavy (non-hydrogen) atoms. The van der Waals surface area contributed by atoms with Crippen LogP contribution in [0, 0.1) is 13.8 Å². The molecule has 2 N–H and O–H groups in total. The molecule has 0 radical (unpaired) electrons. The largest absolute Gasteiger partial charge is 0.447 e. The summed E-state index contributed by atoms with van der Waals surface area (Å²) in [7, 11) is 0. The zero-order valence-electron chi connectivity index (χ0n) is 8.03. The van der Waals surface area contributed by atoms with E-state index >= 15 is 0 Å². The zero-order valence-corrected chi connectivity index (χ0v) is 8.03. The molecule has 1 amide bonds. The number of aryl methyl sites for hydroxylation is 1. The smallest absolute Gasteiger partial charge is 0.412 e. The molecule has 0 saturated heterocycles. The second-order valence-electron chi connectivity index (χ2n) is 2.70. The van der Waals surface area contributed by atoms with Crippen LogP contribution < -0.4 is 5.32 Å². The summed E-state index contributed by atoms with van der Waals surface area (Å²) in [5.74, 6) is 0.980. The van der Waals surface area contributed by atoms with Crippen LogP contribution >= 0.6 is 0 Å². The van der Waals surface area contributed by atoms with Gasteiger partial charge in [0.15, 0.2) is 5.82 Å². The number of anilines is 1. The van der Waals surface area contributed by atoms with Crippen molar-refractivity contribution < 1.29 is 19.2 Å². The minimum Gasteiger partial charge on any atom is -0.447 e. The molecule has 0 spiro atoms. The van der Waals surface area contributed by atoms with Crippen molar-refractivity contribution in [1.29, 1.82) is 0 Å². The number of ether oxygens (including phenoxy) is 1. The first-order valence-electron chi connectivity index (χ1n) is 4.12. The van der Waals surface area contributed by atoms with Crippen molar-refractivity contribution in [2.24, 2.45) is 0 Å². The number of amides is 1. The lowest BCUT2D eigenvalue weighted by Gasteiger charge is -2.02. The summed E-state index contributed by atoms with van der Waals surface area (Å²) in [6.07, 6.45) is -0.657. The monoisotopic (exact) mass is 200 g/mol. The van der Waals surface area contributed by atoms with Gasteiger partial charge in [0, 0.05) is 5.56 Å². The second kappa shape index (κ2) is 4.61. The van der Waals surface area contributed by atoms with Gasteiger partial charge in [0.1, 0.15) is 12.4 Å². The minimum absolute atomic E-state index is 0.0400. The topological polar surface area (TPSA) is 84.6 Å². The number of aliphatic hydroxyl groups excluding tert-OH is 1. The fourth-order valence-corrected chi connectivity index (χ4v) is 0.805. The molecule has 1 aromatic heterocycles. The molecule has 6 heteroatoms. The highest BCUT2D eigenvalue weighted by atomic mass is 16.6. The molecular weight excluding hydrogens is 188 g/mol. The van der Waals surface area contributed by atoms with Gasteiger partial charge >= 0.3 is 6.09 Å². The van der Waals surface area contributed by atoms with Crippen molar-refractivity contribution in [3.8, 4) is 0 Å². The van der Waals surface area contributed by atoms with Gasteiger partial charge in [-0.3, -0.25) is 5.32 Å². The highest BCUT2D eigenvalue weighted by Gasteiger charge is 2.11. The summed E-state index contributed by atoms with van der Waals surface area (Å²) in [5, 5.41) is 14.4. The SMILES string of the molecule is Cc1onc(NC(=O)OCCO)c1C. The summed E-state index contributed by atoms with van der Waals surface area (Å²) in [4.78, 5) is 11.0. The van der Waals surface area contributed by atoms with Crippen molar-refractivity contribution >= 4 is 11.9 Å².